The number of hydrogen-bond donors (Lipinski definition) is 1. The Kier molecular flexibility index (Phi) is 2.59. The number of aliphatic hydroxyl groups is 1. The molecule has 0 fully saturated rings. The minimum absolute atomic E-state index is 0.325. The predicted molar refractivity (Wildman–Crippen MR) is 37.2 cm³/mol. The third-order valence-electron chi connectivity index (χ3n) is 1.37. The van der Waals surface area contributed by atoms with Crippen LogP contribution in [0.1, 0.15) is 5.56 Å². The number of rotatable bonds is 1. The molecule has 0 unspecified atom stereocenters. The molecule has 12 heavy (non-hydrogen) atoms. The molecule has 0 heterocycles. The number of aliphatic hydroxyl groups excluding tert-OH is 1. The van der Waals surface area contributed by atoms with Crippen LogP contribution in [0, 0.1) is 17.5 Å². The zero-order valence-corrected chi connectivity index (χ0v) is 6.50. The van der Waals surface area contributed by atoms with Gasteiger partial charge in [-0.2, -0.15) is 0 Å². The highest BCUT2D eigenvalue weighted by Gasteiger charge is 2.16. The lowest BCUT2D eigenvalue weighted by molar-refractivity contribution is 0.272. The Morgan fingerprint density at radius 1 is 1.25 bits per heavy atom. The first-order valence-electron chi connectivity index (χ1n) is 3.00. The van der Waals surface area contributed by atoms with Crippen LogP contribution >= 0.6 is 11.6 Å². The van der Waals surface area contributed by atoms with Crippen LogP contribution in [-0.4, -0.2) is 5.11 Å². The highest BCUT2D eigenvalue weighted by Crippen LogP contribution is 2.23. The summed E-state index contributed by atoms with van der Waals surface area (Å²) in [7, 11) is 0. The molecule has 0 spiro atoms. The van der Waals surface area contributed by atoms with Crippen LogP contribution in [0.5, 0.6) is 0 Å². The third kappa shape index (κ3) is 1.40. The zero-order valence-electron chi connectivity index (χ0n) is 5.74. The van der Waals surface area contributed by atoms with E-state index < -0.39 is 29.6 Å². The van der Waals surface area contributed by atoms with Crippen molar-refractivity contribution >= 4 is 11.6 Å². The Bertz CT molecular complexity index is 314. The van der Waals surface area contributed by atoms with Crippen molar-refractivity contribution in [2.75, 3.05) is 0 Å². The fraction of sp³-hybridized carbons (Fsp3) is 0.143. The summed E-state index contributed by atoms with van der Waals surface area (Å²) < 4.78 is 37.5. The molecule has 0 aliphatic carbocycles. The standard InChI is InChI=1S/C7H4ClF3O/c8-4-1-5(9)7(11)6(10)3(4)2-12/h1,12H,2H2. The maximum Gasteiger partial charge on any atom is 0.194 e. The van der Waals surface area contributed by atoms with Crippen molar-refractivity contribution in [2.45, 2.75) is 6.61 Å². The molecule has 0 saturated heterocycles. The van der Waals surface area contributed by atoms with Crippen molar-refractivity contribution in [2.24, 2.45) is 0 Å². The second-order valence-corrected chi connectivity index (χ2v) is 2.51. The van der Waals surface area contributed by atoms with Gasteiger partial charge < -0.3 is 5.11 Å². The fourth-order valence-electron chi connectivity index (χ4n) is 0.749. The highest BCUT2D eigenvalue weighted by atomic mass is 35.5. The summed E-state index contributed by atoms with van der Waals surface area (Å²) in [6, 6.07) is 0.617. The number of benzene rings is 1. The monoisotopic (exact) mass is 196 g/mol. The smallest absolute Gasteiger partial charge is 0.194 e. The van der Waals surface area contributed by atoms with Gasteiger partial charge in [-0.3, -0.25) is 0 Å². The topological polar surface area (TPSA) is 20.2 Å². The predicted octanol–water partition coefficient (Wildman–Crippen LogP) is 2.25. The average molecular weight is 197 g/mol. The quantitative estimate of drug-likeness (QED) is 0.540. The molecule has 0 atom stereocenters. The molecule has 1 rings (SSSR count). The zero-order chi connectivity index (χ0) is 9.30. The van der Waals surface area contributed by atoms with Gasteiger partial charge in [0.05, 0.1) is 11.6 Å². The Morgan fingerprint density at radius 2 is 1.83 bits per heavy atom. The number of hydrogen-bond acceptors (Lipinski definition) is 1. The Labute approximate surface area is 71.4 Å². The van der Waals surface area contributed by atoms with E-state index in [4.69, 9.17) is 16.7 Å². The second-order valence-electron chi connectivity index (χ2n) is 2.10. The summed E-state index contributed by atoms with van der Waals surface area (Å²) in [6.07, 6.45) is 0. The van der Waals surface area contributed by atoms with Crippen molar-refractivity contribution < 1.29 is 18.3 Å². The minimum Gasteiger partial charge on any atom is -0.392 e. The van der Waals surface area contributed by atoms with E-state index in [0.717, 1.165) is 0 Å². The van der Waals surface area contributed by atoms with E-state index in [-0.39, 0.29) is 5.02 Å². The van der Waals surface area contributed by atoms with Gasteiger partial charge in [0.1, 0.15) is 0 Å². The summed E-state index contributed by atoms with van der Waals surface area (Å²) in [5.41, 5.74) is -0.435. The van der Waals surface area contributed by atoms with E-state index in [1.54, 1.807) is 0 Å². The molecule has 0 saturated carbocycles. The van der Waals surface area contributed by atoms with Crippen LogP contribution in [0.4, 0.5) is 13.2 Å². The third-order valence-corrected chi connectivity index (χ3v) is 1.70. The molecule has 1 aromatic carbocycles. The van der Waals surface area contributed by atoms with Crippen molar-refractivity contribution in [3.8, 4) is 0 Å². The summed E-state index contributed by atoms with van der Waals surface area (Å²) in [6.45, 7) is -0.762. The summed E-state index contributed by atoms with van der Waals surface area (Å²) in [4.78, 5) is 0. The molecule has 0 aliphatic rings. The molecular weight excluding hydrogens is 193 g/mol. The lowest BCUT2D eigenvalue weighted by Gasteiger charge is -2.03. The Balaban J connectivity index is 3.40. The maximum absolute atomic E-state index is 12.7. The normalized spacial score (nSPS) is 10.4. The minimum atomic E-state index is -1.62. The van der Waals surface area contributed by atoms with Crippen LogP contribution in [0.15, 0.2) is 6.07 Å². The lowest BCUT2D eigenvalue weighted by Crippen LogP contribution is -1.98. The Hall–Kier alpha value is -0.740. The van der Waals surface area contributed by atoms with Gasteiger partial charge in [0.25, 0.3) is 0 Å². The van der Waals surface area contributed by atoms with E-state index in [2.05, 4.69) is 0 Å². The average Bonchev–Trinajstić information content (AvgIpc) is 2.01. The fourth-order valence-corrected chi connectivity index (χ4v) is 0.987. The summed E-state index contributed by atoms with van der Waals surface area (Å²) in [5.74, 6) is -4.43. The molecule has 0 aromatic heterocycles. The van der Waals surface area contributed by atoms with Crippen molar-refractivity contribution in [3.05, 3.63) is 34.1 Å². The first kappa shape index (κ1) is 9.35. The second kappa shape index (κ2) is 3.33. The van der Waals surface area contributed by atoms with E-state index in [9.17, 15) is 13.2 Å². The lowest BCUT2D eigenvalue weighted by atomic mass is 10.2. The van der Waals surface area contributed by atoms with Gasteiger partial charge in [-0.15, -0.1) is 0 Å². The van der Waals surface area contributed by atoms with Gasteiger partial charge in [0.15, 0.2) is 17.5 Å². The molecule has 5 heteroatoms. The van der Waals surface area contributed by atoms with E-state index >= 15 is 0 Å². The van der Waals surface area contributed by atoms with E-state index in [0.29, 0.717) is 6.07 Å². The van der Waals surface area contributed by atoms with Gasteiger partial charge in [-0.25, -0.2) is 13.2 Å². The molecule has 0 bridgehead atoms. The van der Waals surface area contributed by atoms with Crippen LogP contribution in [0.25, 0.3) is 0 Å². The van der Waals surface area contributed by atoms with Crippen LogP contribution in [0.2, 0.25) is 5.02 Å². The number of halogens is 4. The first-order valence-corrected chi connectivity index (χ1v) is 3.38. The van der Waals surface area contributed by atoms with Crippen molar-refractivity contribution in [1.82, 2.24) is 0 Å². The van der Waals surface area contributed by atoms with Gasteiger partial charge in [-0.05, 0) is 6.07 Å². The molecule has 66 valence electrons. The van der Waals surface area contributed by atoms with Gasteiger partial charge >= 0.3 is 0 Å². The van der Waals surface area contributed by atoms with Gasteiger partial charge in [0, 0.05) is 5.56 Å². The SMILES string of the molecule is OCc1c(Cl)cc(F)c(F)c1F. The molecule has 0 radical (unpaired) electrons. The van der Waals surface area contributed by atoms with Gasteiger partial charge in [-0.1, -0.05) is 11.6 Å². The van der Waals surface area contributed by atoms with E-state index in [1.807, 2.05) is 0 Å². The van der Waals surface area contributed by atoms with Crippen LogP contribution < -0.4 is 0 Å². The summed E-state index contributed by atoms with van der Waals surface area (Å²) in [5, 5.41) is 8.18. The first-order chi connectivity index (χ1) is 5.57. The molecule has 1 aromatic rings. The maximum atomic E-state index is 12.7. The summed E-state index contributed by atoms with van der Waals surface area (Å²) >= 11 is 5.30. The van der Waals surface area contributed by atoms with Crippen molar-refractivity contribution in [3.63, 3.8) is 0 Å². The molecule has 0 amide bonds. The van der Waals surface area contributed by atoms with Crippen molar-refractivity contribution in [1.29, 1.82) is 0 Å². The van der Waals surface area contributed by atoms with Crippen LogP contribution in [0.3, 0.4) is 0 Å². The van der Waals surface area contributed by atoms with E-state index in [1.165, 1.54) is 0 Å². The van der Waals surface area contributed by atoms with Gasteiger partial charge in [0.2, 0.25) is 0 Å². The highest BCUT2D eigenvalue weighted by molar-refractivity contribution is 6.31. The molecule has 1 nitrogen and oxygen atoms in total. The van der Waals surface area contributed by atoms with Crippen LogP contribution in [-0.2, 0) is 6.61 Å². The molecular formula is C7H4ClF3O. The largest absolute Gasteiger partial charge is 0.392 e. The molecule has 0 aliphatic heterocycles. The Morgan fingerprint density at radius 3 is 2.33 bits per heavy atom. The molecule has 1 N–H and O–H groups in total.